The third-order valence-electron chi connectivity index (χ3n) is 5.54. The first-order valence-electron chi connectivity index (χ1n) is 11.6. The summed E-state index contributed by atoms with van der Waals surface area (Å²) in [7, 11) is 0. The fourth-order valence-electron chi connectivity index (χ4n) is 3.78. The molecular weight excluding hydrogens is 572 g/mol. The van der Waals surface area contributed by atoms with Crippen LogP contribution >= 0.6 is 35.0 Å². The Morgan fingerprint density at radius 1 is 0.974 bits per heavy atom. The second-order valence-electron chi connectivity index (χ2n) is 8.23. The van der Waals surface area contributed by atoms with Crippen LogP contribution in [0.3, 0.4) is 0 Å². The van der Waals surface area contributed by atoms with E-state index >= 15 is 0 Å². The Morgan fingerprint density at radius 3 is 2.38 bits per heavy atom. The zero-order valence-electron chi connectivity index (χ0n) is 20.0. The Kier molecular flexibility index (Phi) is 8.10. The Hall–Kier alpha value is -3.54. The number of aromatic nitrogens is 3. The maximum Gasteiger partial charge on any atom is 0.573 e. The minimum Gasteiger partial charge on any atom is -0.406 e. The number of amidine groups is 1. The number of nitrogens with zero attached hydrogens (tertiary/aromatic N) is 6. The molecule has 7 nitrogen and oxygen atoms in total. The molecule has 1 saturated heterocycles. The van der Waals surface area contributed by atoms with Gasteiger partial charge in [-0.1, -0.05) is 65.3 Å². The summed E-state index contributed by atoms with van der Waals surface area (Å²) >= 11 is 14.4. The molecule has 1 aliphatic heterocycles. The predicted octanol–water partition coefficient (Wildman–Crippen LogP) is 7.47. The zero-order chi connectivity index (χ0) is 27.4. The van der Waals surface area contributed by atoms with E-state index in [9.17, 15) is 13.2 Å². The molecule has 0 aliphatic carbocycles. The molecule has 0 amide bonds. The molecule has 3 aromatic carbocycles. The zero-order valence-corrected chi connectivity index (χ0v) is 22.3. The van der Waals surface area contributed by atoms with Crippen molar-refractivity contribution in [3.63, 3.8) is 0 Å². The third-order valence-corrected chi connectivity index (χ3v) is 7.20. The van der Waals surface area contributed by atoms with Crippen LogP contribution in [0, 0.1) is 0 Å². The van der Waals surface area contributed by atoms with Crippen molar-refractivity contribution in [2.24, 2.45) is 10.2 Å². The van der Waals surface area contributed by atoms with Crippen molar-refractivity contribution in [2.45, 2.75) is 12.8 Å². The number of alkyl halides is 3. The first kappa shape index (κ1) is 27.0. The highest BCUT2D eigenvalue weighted by Crippen LogP contribution is 2.37. The SMILES string of the molecule is FC(F)(F)Oc1ccc(-n2cnc(-c3ccc(/C=N/N=C4\SCCCN4c4c(Cl)cccc4Cl)cc3)n2)cc1. The van der Waals surface area contributed by atoms with Crippen LogP contribution in [0.15, 0.2) is 83.3 Å². The molecule has 1 aromatic heterocycles. The number of thioether (sulfide) groups is 1. The standard InChI is InChI=1S/C26H19Cl2F3N6OS/c27-21-3-1-4-22(28)23(21)36-13-2-14-39-25(36)34-33-15-17-5-7-18(8-6-17)24-32-16-37(35-24)19-9-11-20(12-10-19)38-26(29,30)31/h1,3-12,15-16H,2,13-14H2/b33-15+,34-25-. The third kappa shape index (κ3) is 6.73. The summed E-state index contributed by atoms with van der Waals surface area (Å²) in [4.78, 5) is 6.29. The van der Waals surface area contributed by atoms with E-state index in [2.05, 4.69) is 25.0 Å². The molecule has 5 rings (SSSR count). The van der Waals surface area contributed by atoms with E-state index in [1.807, 2.05) is 29.2 Å². The molecule has 13 heteroatoms. The Bertz CT molecular complexity index is 1490. The minimum atomic E-state index is -4.74. The highest BCUT2D eigenvalue weighted by atomic mass is 35.5. The van der Waals surface area contributed by atoms with Gasteiger partial charge in [0.15, 0.2) is 11.0 Å². The largest absolute Gasteiger partial charge is 0.573 e. The summed E-state index contributed by atoms with van der Waals surface area (Å²) < 4.78 is 42.5. The molecule has 200 valence electrons. The molecule has 4 aromatic rings. The second kappa shape index (κ2) is 11.7. The molecule has 0 N–H and O–H groups in total. The van der Waals surface area contributed by atoms with Crippen LogP contribution in [-0.2, 0) is 0 Å². The number of hydrogen-bond acceptors (Lipinski definition) is 6. The summed E-state index contributed by atoms with van der Waals surface area (Å²) in [6.07, 6.45) is -0.641. The number of halogens is 5. The van der Waals surface area contributed by atoms with Crippen LogP contribution < -0.4 is 9.64 Å². The molecular formula is C26H19Cl2F3N6OS. The van der Waals surface area contributed by atoms with E-state index in [4.69, 9.17) is 23.2 Å². The lowest BCUT2D eigenvalue weighted by atomic mass is 10.1. The maximum absolute atomic E-state index is 12.4. The van der Waals surface area contributed by atoms with Gasteiger partial charge in [-0.15, -0.1) is 23.4 Å². The van der Waals surface area contributed by atoms with E-state index in [1.54, 1.807) is 36.2 Å². The van der Waals surface area contributed by atoms with Gasteiger partial charge in [0.25, 0.3) is 0 Å². The van der Waals surface area contributed by atoms with Crippen LogP contribution in [0.1, 0.15) is 12.0 Å². The first-order chi connectivity index (χ1) is 18.8. The van der Waals surface area contributed by atoms with Crippen molar-refractivity contribution in [2.75, 3.05) is 17.2 Å². The quantitative estimate of drug-likeness (QED) is 0.172. The smallest absolute Gasteiger partial charge is 0.406 e. The number of anilines is 1. The molecule has 39 heavy (non-hydrogen) atoms. The van der Waals surface area contributed by atoms with Crippen LogP contribution in [0.25, 0.3) is 17.1 Å². The molecule has 0 saturated carbocycles. The fourth-order valence-corrected chi connectivity index (χ4v) is 5.28. The van der Waals surface area contributed by atoms with E-state index in [1.165, 1.54) is 35.3 Å². The number of hydrogen-bond donors (Lipinski definition) is 0. The van der Waals surface area contributed by atoms with Crippen LogP contribution in [0.2, 0.25) is 10.0 Å². The van der Waals surface area contributed by atoms with Crippen LogP contribution in [0.5, 0.6) is 5.75 Å². The van der Waals surface area contributed by atoms with Gasteiger partial charge in [0.2, 0.25) is 0 Å². The van der Waals surface area contributed by atoms with Crippen LogP contribution in [-0.4, -0.2) is 44.8 Å². The molecule has 1 fully saturated rings. The highest BCUT2D eigenvalue weighted by molar-refractivity contribution is 8.14. The lowest BCUT2D eigenvalue weighted by molar-refractivity contribution is -0.274. The molecule has 0 spiro atoms. The predicted molar refractivity (Wildman–Crippen MR) is 149 cm³/mol. The van der Waals surface area contributed by atoms with E-state index in [0.717, 1.165) is 40.7 Å². The number of ether oxygens (including phenoxy) is 1. The Morgan fingerprint density at radius 2 is 1.69 bits per heavy atom. The molecule has 1 aliphatic rings. The number of rotatable bonds is 6. The van der Waals surface area contributed by atoms with Gasteiger partial charge in [-0.05, 0) is 48.4 Å². The van der Waals surface area contributed by atoms with Gasteiger partial charge in [-0.25, -0.2) is 9.67 Å². The normalized spacial score (nSPS) is 15.3. The van der Waals surface area contributed by atoms with Gasteiger partial charge in [-0.2, -0.15) is 5.10 Å². The van der Waals surface area contributed by atoms with Crippen molar-refractivity contribution in [1.29, 1.82) is 0 Å². The highest BCUT2D eigenvalue weighted by Gasteiger charge is 2.31. The van der Waals surface area contributed by atoms with Crippen molar-refractivity contribution < 1.29 is 17.9 Å². The van der Waals surface area contributed by atoms with E-state index < -0.39 is 6.36 Å². The lowest BCUT2D eigenvalue weighted by Gasteiger charge is -2.30. The van der Waals surface area contributed by atoms with Crippen molar-refractivity contribution in [3.8, 4) is 22.8 Å². The molecule has 0 unspecified atom stereocenters. The van der Waals surface area contributed by atoms with Gasteiger partial charge >= 0.3 is 6.36 Å². The van der Waals surface area contributed by atoms with Gasteiger partial charge < -0.3 is 9.64 Å². The minimum absolute atomic E-state index is 0.309. The maximum atomic E-state index is 12.4. The van der Waals surface area contributed by atoms with Gasteiger partial charge in [0, 0.05) is 17.9 Å². The summed E-state index contributed by atoms with van der Waals surface area (Å²) in [5.41, 5.74) is 2.85. The van der Waals surface area contributed by atoms with Gasteiger partial charge in [-0.3, -0.25) is 0 Å². The van der Waals surface area contributed by atoms with E-state index in [-0.39, 0.29) is 5.75 Å². The van der Waals surface area contributed by atoms with Gasteiger partial charge in [0.05, 0.1) is 27.6 Å². The van der Waals surface area contributed by atoms with Crippen LogP contribution in [0.4, 0.5) is 18.9 Å². The number of benzene rings is 3. The van der Waals surface area contributed by atoms with Crippen molar-refractivity contribution >= 4 is 52.0 Å². The van der Waals surface area contributed by atoms with Gasteiger partial charge in [0.1, 0.15) is 12.1 Å². The van der Waals surface area contributed by atoms with Crippen molar-refractivity contribution in [3.05, 3.63) is 88.7 Å². The Labute approximate surface area is 235 Å². The fraction of sp³-hybridized carbons (Fsp3) is 0.154. The average molecular weight is 591 g/mol. The Balaban J connectivity index is 1.27. The average Bonchev–Trinajstić information content (AvgIpc) is 3.40. The lowest BCUT2D eigenvalue weighted by Crippen LogP contribution is -2.34. The topological polar surface area (TPSA) is 67.9 Å². The second-order valence-corrected chi connectivity index (χ2v) is 10.1. The summed E-state index contributed by atoms with van der Waals surface area (Å²) in [5, 5.41) is 14.9. The molecule has 0 bridgehead atoms. The molecule has 0 radical (unpaired) electrons. The molecule has 0 atom stereocenters. The first-order valence-corrected chi connectivity index (χ1v) is 13.3. The van der Waals surface area contributed by atoms with E-state index in [0.29, 0.717) is 21.6 Å². The summed E-state index contributed by atoms with van der Waals surface area (Å²) in [6.45, 7) is 0.741. The monoisotopic (exact) mass is 590 g/mol. The summed E-state index contributed by atoms with van der Waals surface area (Å²) in [6, 6.07) is 18.2. The summed E-state index contributed by atoms with van der Waals surface area (Å²) in [5.74, 6) is 1.07. The molecule has 2 heterocycles. The number of para-hydroxylation sites is 1. The van der Waals surface area contributed by atoms with Crippen molar-refractivity contribution in [1.82, 2.24) is 14.8 Å².